The third-order valence-electron chi connectivity index (χ3n) is 3.04. The summed E-state index contributed by atoms with van der Waals surface area (Å²) in [6.45, 7) is 1.92. The number of anilines is 1. The minimum Gasteiger partial charge on any atom is -0.478 e. The van der Waals surface area contributed by atoms with Crippen molar-refractivity contribution in [3.63, 3.8) is 0 Å². The van der Waals surface area contributed by atoms with Crippen LogP contribution in [0.5, 0.6) is 0 Å². The molecule has 106 valence electrons. The van der Waals surface area contributed by atoms with Crippen LogP contribution in [0.4, 0.5) is 5.69 Å². The Hall–Kier alpha value is -2.01. The molecular weight excluding hydrogens is 280 g/mol. The number of nitrogens with zero attached hydrogens (tertiary/aromatic N) is 1. The predicted molar refractivity (Wildman–Crippen MR) is 78.0 cm³/mol. The first-order valence-corrected chi connectivity index (χ1v) is 6.66. The van der Waals surface area contributed by atoms with Gasteiger partial charge in [-0.3, -0.25) is 4.79 Å². The third kappa shape index (κ3) is 3.74. The highest BCUT2D eigenvalue weighted by Gasteiger charge is 2.15. The molecule has 2 N–H and O–H groups in total. The summed E-state index contributed by atoms with van der Waals surface area (Å²) in [6.07, 6.45) is 3.00. The fourth-order valence-corrected chi connectivity index (χ4v) is 2.37. The SMILES string of the molecule is O=C(O)/C=C/c1ccc(N2CCNC(=O)CC2)c(Cl)c1. The second-order valence-corrected chi connectivity index (χ2v) is 4.88. The molecule has 1 saturated heterocycles. The molecule has 20 heavy (non-hydrogen) atoms. The number of aliphatic carboxylic acids is 1. The molecule has 2 rings (SSSR count). The third-order valence-corrected chi connectivity index (χ3v) is 3.35. The number of hydrogen-bond acceptors (Lipinski definition) is 3. The summed E-state index contributed by atoms with van der Waals surface area (Å²) in [7, 11) is 0. The first-order valence-electron chi connectivity index (χ1n) is 6.28. The van der Waals surface area contributed by atoms with Crippen LogP contribution in [-0.4, -0.2) is 36.6 Å². The molecule has 1 fully saturated rings. The average molecular weight is 295 g/mol. The van der Waals surface area contributed by atoms with E-state index in [1.54, 1.807) is 12.1 Å². The van der Waals surface area contributed by atoms with Crippen LogP contribution in [0.15, 0.2) is 24.3 Å². The van der Waals surface area contributed by atoms with Crippen LogP contribution in [0.25, 0.3) is 6.08 Å². The summed E-state index contributed by atoms with van der Waals surface area (Å²) in [5.41, 5.74) is 1.58. The van der Waals surface area contributed by atoms with Crippen molar-refractivity contribution in [2.45, 2.75) is 6.42 Å². The highest BCUT2D eigenvalue weighted by Crippen LogP contribution is 2.27. The van der Waals surface area contributed by atoms with Crippen molar-refractivity contribution < 1.29 is 14.7 Å². The smallest absolute Gasteiger partial charge is 0.328 e. The number of hydrogen-bond donors (Lipinski definition) is 2. The lowest BCUT2D eigenvalue weighted by atomic mass is 10.1. The van der Waals surface area contributed by atoms with Crippen LogP contribution in [0.1, 0.15) is 12.0 Å². The maximum atomic E-state index is 11.3. The number of carboxylic acids is 1. The zero-order valence-corrected chi connectivity index (χ0v) is 11.6. The van der Waals surface area contributed by atoms with Gasteiger partial charge in [0.25, 0.3) is 0 Å². The molecule has 0 aliphatic carbocycles. The molecule has 0 atom stereocenters. The van der Waals surface area contributed by atoms with Crippen molar-refractivity contribution in [2.24, 2.45) is 0 Å². The Bertz CT molecular complexity index is 557. The molecular formula is C14H15ClN2O3. The lowest BCUT2D eigenvalue weighted by Crippen LogP contribution is -2.28. The zero-order chi connectivity index (χ0) is 14.5. The summed E-state index contributed by atoms with van der Waals surface area (Å²) in [6, 6.07) is 5.37. The number of benzene rings is 1. The van der Waals surface area contributed by atoms with Crippen molar-refractivity contribution in [1.82, 2.24) is 5.32 Å². The monoisotopic (exact) mass is 294 g/mol. The number of carbonyl (C=O) groups excluding carboxylic acids is 1. The number of carbonyl (C=O) groups is 2. The van der Waals surface area contributed by atoms with E-state index < -0.39 is 5.97 Å². The van der Waals surface area contributed by atoms with E-state index in [4.69, 9.17) is 16.7 Å². The molecule has 0 bridgehead atoms. The molecule has 1 aromatic carbocycles. The van der Waals surface area contributed by atoms with E-state index >= 15 is 0 Å². The Labute approximate surface area is 121 Å². The molecule has 0 spiro atoms. The molecule has 1 aliphatic heterocycles. The quantitative estimate of drug-likeness (QED) is 0.834. The largest absolute Gasteiger partial charge is 0.478 e. The van der Waals surface area contributed by atoms with Gasteiger partial charge in [-0.25, -0.2) is 4.79 Å². The molecule has 1 aliphatic rings. The van der Waals surface area contributed by atoms with E-state index in [0.717, 1.165) is 17.3 Å². The number of carboxylic acid groups (broad SMARTS) is 1. The van der Waals surface area contributed by atoms with Gasteiger partial charge in [-0.05, 0) is 23.8 Å². The van der Waals surface area contributed by atoms with E-state index in [9.17, 15) is 9.59 Å². The Morgan fingerprint density at radius 3 is 2.90 bits per heavy atom. The van der Waals surface area contributed by atoms with E-state index in [0.29, 0.717) is 31.1 Å². The van der Waals surface area contributed by atoms with E-state index in [-0.39, 0.29) is 5.91 Å². The molecule has 1 aromatic rings. The fourth-order valence-electron chi connectivity index (χ4n) is 2.06. The van der Waals surface area contributed by atoms with Crippen molar-refractivity contribution >= 4 is 35.2 Å². The summed E-state index contributed by atoms with van der Waals surface area (Å²) in [5.74, 6) is -0.952. The summed E-state index contributed by atoms with van der Waals surface area (Å²) in [5, 5.41) is 11.9. The zero-order valence-electron chi connectivity index (χ0n) is 10.8. The van der Waals surface area contributed by atoms with Gasteiger partial charge in [0.2, 0.25) is 5.91 Å². The van der Waals surface area contributed by atoms with Crippen LogP contribution in [0.2, 0.25) is 5.02 Å². The minimum atomic E-state index is -0.998. The highest BCUT2D eigenvalue weighted by atomic mass is 35.5. The minimum absolute atomic E-state index is 0.0460. The van der Waals surface area contributed by atoms with Crippen LogP contribution in [0.3, 0.4) is 0 Å². The van der Waals surface area contributed by atoms with Gasteiger partial charge in [0.1, 0.15) is 0 Å². The van der Waals surface area contributed by atoms with Gasteiger partial charge < -0.3 is 15.3 Å². The lowest BCUT2D eigenvalue weighted by Gasteiger charge is -2.23. The Morgan fingerprint density at radius 2 is 2.20 bits per heavy atom. The Kier molecular flexibility index (Phi) is 4.63. The molecule has 0 aromatic heterocycles. The average Bonchev–Trinajstić information content (AvgIpc) is 2.61. The van der Waals surface area contributed by atoms with Crippen LogP contribution >= 0.6 is 11.6 Å². The predicted octanol–water partition coefficient (Wildman–Crippen LogP) is 1.76. The fraction of sp³-hybridized carbons (Fsp3) is 0.286. The van der Waals surface area contributed by atoms with Crippen molar-refractivity contribution in [2.75, 3.05) is 24.5 Å². The van der Waals surface area contributed by atoms with Crippen LogP contribution < -0.4 is 10.2 Å². The van der Waals surface area contributed by atoms with Crippen LogP contribution in [0, 0.1) is 0 Å². The van der Waals surface area contributed by atoms with E-state index in [2.05, 4.69) is 5.32 Å². The second kappa shape index (κ2) is 6.43. The van der Waals surface area contributed by atoms with Gasteiger partial charge in [0.15, 0.2) is 0 Å². The molecule has 0 saturated carbocycles. The summed E-state index contributed by atoms with van der Waals surface area (Å²) >= 11 is 6.24. The highest BCUT2D eigenvalue weighted by molar-refractivity contribution is 6.33. The first-order chi connectivity index (χ1) is 9.56. The van der Waals surface area contributed by atoms with E-state index in [1.807, 2.05) is 11.0 Å². The van der Waals surface area contributed by atoms with Gasteiger partial charge in [0, 0.05) is 32.1 Å². The lowest BCUT2D eigenvalue weighted by molar-refractivity contribution is -0.131. The Morgan fingerprint density at radius 1 is 1.40 bits per heavy atom. The van der Waals surface area contributed by atoms with E-state index in [1.165, 1.54) is 6.08 Å². The number of rotatable bonds is 3. The Balaban J connectivity index is 2.16. The topological polar surface area (TPSA) is 69.6 Å². The first kappa shape index (κ1) is 14.4. The second-order valence-electron chi connectivity index (χ2n) is 4.47. The van der Waals surface area contributed by atoms with Gasteiger partial charge in [-0.1, -0.05) is 17.7 Å². The summed E-state index contributed by atoms with van der Waals surface area (Å²) in [4.78, 5) is 23.8. The van der Waals surface area contributed by atoms with Crippen LogP contribution in [-0.2, 0) is 9.59 Å². The molecule has 1 heterocycles. The molecule has 0 unspecified atom stereocenters. The van der Waals surface area contributed by atoms with Crippen molar-refractivity contribution in [1.29, 1.82) is 0 Å². The van der Waals surface area contributed by atoms with Crippen molar-refractivity contribution in [3.8, 4) is 0 Å². The van der Waals surface area contributed by atoms with Gasteiger partial charge >= 0.3 is 5.97 Å². The molecule has 1 amide bonds. The number of nitrogens with one attached hydrogen (secondary N) is 1. The van der Waals surface area contributed by atoms with Gasteiger partial charge in [0.05, 0.1) is 10.7 Å². The standard InChI is InChI=1S/C14H15ClN2O3/c15-11-9-10(2-4-14(19)20)1-3-12(11)17-7-5-13(18)16-6-8-17/h1-4,9H,5-8H2,(H,16,18)(H,19,20)/b4-2+. The van der Waals surface area contributed by atoms with Gasteiger partial charge in [-0.2, -0.15) is 0 Å². The molecule has 5 nitrogen and oxygen atoms in total. The number of halogens is 1. The normalized spacial score (nSPS) is 16.1. The molecule has 0 radical (unpaired) electrons. The number of amides is 1. The van der Waals surface area contributed by atoms with Gasteiger partial charge in [-0.15, -0.1) is 0 Å². The molecule has 6 heteroatoms. The maximum absolute atomic E-state index is 11.3. The van der Waals surface area contributed by atoms with Crippen molar-refractivity contribution in [3.05, 3.63) is 34.9 Å². The maximum Gasteiger partial charge on any atom is 0.328 e. The summed E-state index contributed by atoms with van der Waals surface area (Å²) < 4.78 is 0.